The number of hydrogen-bond acceptors (Lipinski definition) is 5. The lowest BCUT2D eigenvalue weighted by Gasteiger charge is -1.91. The number of ether oxygens (including phenoxy) is 1. The van der Waals surface area contributed by atoms with Crippen LogP contribution in [0.2, 0.25) is 0 Å². The molecule has 0 aliphatic rings. The summed E-state index contributed by atoms with van der Waals surface area (Å²) in [7, 11) is 1.34. The highest BCUT2D eigenvalue weighted by Crippen LogP contribution is 2.10. The monoisotopic (exact) mass is 186 g/mol. The van der Waals surface area contributed by atoms with E-state index >= 15 is 0 Å². The first-order valence-corrected chi connectivity index (χ1v) is 4.38. The SMILES string of the molecule is COC(=O)c1csc(CCN)n1. The lowest BCUT2D eigenvalue weighted by atomic mass is 10.4. The molecule has 0 saturated heterocycles. The van der Waals surface area contributed by atoms with E-state index in [9.17, 15) is 4.79 Å². The molecule has 0 bridgehead atoms. The van der Waals surface area contributed by atoms with E-state index in [1.54, 1.807) is 5.38 Å². The molecule has 0 spiro atoms. The molecule has 4 nitrogen and oxygen atoms in total. The number of carbonyl (C=O) groups excluding carboxylic acids is 1. The molecule has 0 atom stereocenters. The van der Waals surface area contributed by atoms with E-state index < -0.39 is 5.97 Å². The maximum Gasteiger partial charge on any atom is 0.357 e. The highest BCUT2D eigenvalue weighted by molar-refractivity contribution is 7.09. The smallest absolute Gasteiger partial charge is 0.357 e. The van der Waals surface area contributed by atoms with Crippen LogP contribution in [0.3, 0.4) is 0 Å². The predicted molar refractivity (Wildman–Crippen MR) is 46.2 cm³/mol. The van der Waals surface area contributed by atoms with Crippen molar-refractivity contribution in [1.29, 1.82) is 0 Å². The fourth-order valence-electron chi connectivity index (χ4n) is 0.748. The second-order valence-electron chi connectivity index (χ2n) is 2.16. The first kappa shape index (κ1) is 9.15. The molecule has 0 saturated carbocycles. The van der Waals surface area contributed by atoms with Crippen LogP contribution >= 0.6 is 11.3 Å². The highest BCUT2D eigenvalue weighted by Gasteiger charge is 2.09. The third kappa shape index (κ3) is 2.02. The fraction of sp³-hybridized carbons (Fsp3) is 0.429. The third-order valence-corrected chi connectivity index (χ3v) is 2.21. The summed E-state index contributed by atoms with van der Waals surface area (Å²) >= 11 is 1.43. The number of nitrogens with zero attached hydrogens (tertiary/aromatic N) is 1. The summed E-state index contributed by atoms with van der Waals surface area (Å²) in [4.78, 5) is 15.0. The lowest BCUT2D eigenvalue weighted by molar-refractivity contribution is 0.0594. The van der Waals surface area contributed by atoms with Crippen molar-refractivity contribution in [3.8, 4) is 0 Å². The Kier molecular flexibility index (Phi) is 3.19. The molecular formula is C7H10N2O2S. The molecule has 0 aromatic carbocycles. The summed E-state index contributed by atoms with van der Waals surface area (Å²) in [6.45, 7) is 0.550. The van der Waals surface area contributed by atoms with Crippen LogP contribution in [0, 0.1) is 0 Å². The number of thiazole rings is 1. The van der Waals surface area contributed by atoms with E-state index in [4.69, 9.17) is 5.73 Å². The molecular weight excluding hydrogens is 176 g/mol. The van der Waals surface area contributed by atoms with E-state index in [1.165, 1.54) is 18.4 Å². The summed E-state index contributed by atoms with van der Waals surface area (Å²) in [6.07, 6.45) is 0.710. The molecule has 0 aliphatic carbocycles. The topological polar surface area (TPSA) is 65.2 Å². The van der Waals surface area contributed by atoms with E-state index in [2.05, 4.69) is 9.72 Å². The molecule has 66 valence electrons. The summed E-state index contributed by atoms with van der Waals surface area (Å²) < 4.78 is 4.50. The van der Waals surface area contributed by atoms with Gasteiger partial charge in [0, 0.05) is 11.8 Å². The van der Waals surface area contributed by atoms with E-state index in [-0.39, 0.29) is 0 Å². The van der Waals surface area contributed by atoms with Gasteiger partial charge < -0.3 is 10.5 Å². The average molecular weight is 186 g/mol. The minimum Gasteiger partial charge on any atom is -0.464 e. The van der Waals surface area contributed by atoms with Gasteiger partial charge in [-0.15, -0.1) is 11.3 Å². The Balaban J connectivity index is 2.70. The minimum absolute atomic E-state index is 0.367. The molecule has 0 amide bonds. The van der Waals surface area contributed by atoms with Crippen molar-refractivity contribution >= 4 is 17.3 Å². The van der Waals surface area contributed by atoms with Crippen LogP contribution in [-0.4, -0.2) is 24.6 Å². The molecule has 1 aromatic rings. The van der Waals surface area contributed by atoms with Crippen molar-refractivity contribution in [2.24, 2.45) is 5.73 Å². The first-order chi connectivity index (χ1) is 5.77. The van der Waals surface area contributed by atoms with Gasteiger partial charge in [0.2, 0.25) is 0 Å². The van der Waals surface area contributed by atoms with Crippen LogP contribution < -0.4 is 5.73 Å². The molecule has 1 rings (SSSR count). The van der Waals surface area contributed by atoms with E-state index in [0.717, 1.165) is 5.01 Å². The second kappa shape index (κ2) is 4.18. The van der Waals surface area contributed by atoms with Crippen molar-refractivity contribution in [1.82, 2.24) is 4.98 Å². The zero-order chi connectivity index (χ0) is 8.97. The van der Waals surface area contributed by atoms with Crippen LogP contribution in [0.5, 0.6) is 0 Å². The normalized spacial score (nSPS) is 9.83. The molecule has 0 fully saturated rings. The van der Waals surface area contributed by atoms with Gasteiger partial charge in [-0.3, -0.25) is 0 Å². The molecule has 1 heterocycles. The van der Waals surface area contributed by atoms with E-state index in [0.29, 0.717) is 18.7 Å². The van der Waals surface area contributed by atoms with Gasteiger partial charge in [-0.25, -0.2) is 9.78 Å². The minimum atomic E-state index is -0.394. The Hall–Kier alpha value is -0.940. The van der Waals surface area contributed by atoms with Gasteiger partial charge in [-0.2, -0.15) is 0 Å². The van der Waals surface area contributed by atoms with Crippen molar-refractivity contribution in [2.75, 3.05) is 13.7 Å². The fourth-order valence-corrected chi connectivity index (χ4v) is 1.53. The molecule has 1 aromatic heterocycles. The van der Waals surface area contributed by atoms with Gasteiger partial charge in [0.25, 0.3) is 0 Å². The first-order valence-electron chi connectivity index (χ1n) is 3.50. The molecule has 0 aliphatic heterocycles. The number of hydrogen-bond donors (Lipinski definition) is 1. The molecule has 0 unspecified atom stereocenters. The standard InChI is InChI=1S/C7H10N2O2S/c1-11-7(10)5-4-12-6(9-5)2-3-8/h4H,2-3,8H2,1H3. The Morgan fingerprint density at radius 2 is 2.58 bits per heavy atom. The van der Waals surface area contributed by atoms with Crippen LogP contribution in [-0.2, 0) is 11.2 Å². The van der Waals surface area contributed by atoms with Crippen molar-refractivity contribution in [2.45, 2.75) is 6.42 Å². The van der Waals surface area contributed by atoms with Crippen LogP contribution in [0.1, 0.15) is 15.5 Å². The number of aromatic nitrogens is 1. The zero-order valence-electron chi connectivity index (χ0n) is 6.74. The Morgan fingerprint density at radius 1 is 1.83 bits per heavy atom. The van der Waals surface area contributed by atoms with Gasteiger partial charge in [0.15, 0.2) is 5.69 Å². The Labute approximate surface area is 74.4 Å². The second-order valence-corrected chi connectivity index (χ2v) is 3.10. The number of nitrogens with two attached hydrogens (primary N) is 1. The molecule has 0 radical (unpaired) electrons. The zero-order valence-corrected chi connectivity index (χ0v) is 7.56. The summed E-state index contributed by atoms with van der Waals surface area (Å²) in [6, 6.07) is 0. The predicted octanol–water partition coefficient (Wildman–Crippen LogP) is 0.431. The van der Waals surface area contributed by atoms with Gasteiger partial charge in [0.1, 0.15) is 0 Å². The average Bonchev–Trinajstić information content (AvgIpc) is 2.52. The quantitative estimate of drug-likeness (QED) is 0.695. The van der Waals surface area contributed by atoms with Crippen molar-refractivity contribution < 1.29 is 9.53 Å². The van der Waals surface area contributed by atoms with Gasteiger partial charge in [-0.1, -0.05) is 0 Å². The van der Waals surface area contributed by atoms with Crippen molar-refractivity contribution in [3.05, 3.63) is 16.1 Å². The van der Waals surface area contributed by atoms with Gasteiger partial charge in [0.05, 0.1) is 12.1 Å². The summed E-state index contributed by atoms with van der Waals surface area (Å²) in [5.41, 5.74) is 5.70. The molecule has 2 N–H and O–H groups in total. The largest absolute Gasteiger partial charge is 0.464 e. The van der Waals surface area contributed by atoms with E-state index in [1.807, 2.05) is 0 Å². The summed E-state index contributed by atoms with van der Waals surface area (Å²) in [5, 5.41) is 2.55. The van der Waals surface area contributed by atoms with Crippen LogP contribution in [0.25, 0.3) is 0 Å². The number of esters is 1. The number of carbonyl (C=O) groups is 1. The van der Waals surface area contributed by atoms with Crippen LogP contribution in [0.15, 0.2) is 5.38 Å². The maximum atomic E-state index is 10.9. The van der Waals surface area contributed by atoms with Crippen LogP contribution in [0.4, 0.5) is 0 Å². The van der Waals surface area contributed by atoms with Crippen molar-refractivity contribution in [3.63, 3.8) is 0 Å². The third-order valence-electron chi connectivity index (χ3n) is 1.30. The summed E-state index contributed by atoms with van der Waals surface area (Å²) in [5.74, 6) is -0.394. The lowest BCUT2D eigenvalue weighted by Crippen LogP contribution is -2.04. The Bertz CT molecular complexity index is 272. The number of methoxy groups -OCH3 is 1. The van der Waals surface area contributed by atoms with Gasteiger partial charge in [-0.05, 0) is 6.54 Å². The molecule has 5 heteroatoms. The maximum absolute atomic E-state index is 10.9. The molecule has 12 heavy (non-hydrogen) atoms. The number of rotatable bonds is 3. The Morgan fingerprint density at radius 3 is 3.17 bits per heavy atom. The van der Waals surface area contributed by atoms with Gasteiger partial charge >= 0.3 is 5.97 Å². The highest BCUT2D eigenvalue weighted by atomic mass is 32.1.